The van der Waals surface area contributed by atoms with E-state index in [-0.39, 0.29) is 30.1 Å². The average Bonchev–Trinajstić information content (AvgIpc) is 3.34. The number of halogens is 3. The first kappa shape index (κ1) is 32.4. The van der Waals surface area contributed by atoms with E-state index in [4.69, 9.17) is 4.74 Å². The number of rotatable bonds is 9. The number of aromatic nitrogens is 2. The summed E-state index contributed by atoms with van der Waals surface area (Å²) in [5.74, 6) is -0.642. The molecule has 2 aromatic carbocycles. The highest BCUT2D eigenvalue weighted by Gasteiger charge is 2.41. The zero-order valence-corrected chi connectivity index (χ0v) is 26.2. The number of likely N-dealkylation sites (N-methyl/N-ethyl adjacent to an activating group) is 1. The van der Waals surface area contributed by atoms with E-state index in [1.165, 1.54) is 20.2 Å². The number of methoxy groups -OCH3 is 1. The molecule has 2 aliphatic rings. The van der Waals surface area contributed by atoms with Crippen molar-refractivity contribution in [2.75, 3.05) is 51.2 Å². The van der Waals surface area contributed by atoms with Gasteiger partial charge in [-0.2, -0.15) is 22.5 Å². The number of benzene rings is 2. The van der Waals surface area contributed by atoms with Gasteiger partial charge in [0.15, 0.2) is 0 Å². The van der Waals surface area contributed by atoms with Crippen LogP contribution in [0.1, 0.15) is 45.9 Å². The topological polar surface area (TPSA) is 129 Å². The van der Waals surface area contributed by atoms with Gasteiger partial charge in [-0.1, -0.05) is 24.3 Å². The Morgan fingerprint density at radius 3 is 2.51 bits per heavy atom. The van der Waals surface area contributed by atoms with Crippen molar-refractivity contribution in [2.24, 2.45) is 0 Å². The highest BCUT2D eigenvalue weighted by atomic mass is 32.2. The number of ether oxygens (including phenoxy) is 1. The van der Waals surface area contributed by atoms with E-state index in [1.807, 2.05) is 13.1 Å². The molecular weight excluding hydrogens is 611 g/mol. The lowest BCUT2D eigenvalue weighted by Crippen LogP contribution is -2.43. The first-order valence-electron chi connectivity index (χ1n) is 14.4. The Labute approximate surface area is 260 Å². The van der Waals surface area contributed by atoms with Crippen molar-refractivity contribution in [3.8, 4) is 5.75 Å². The Balaban J connectivity index is 1.40. The Bertz CT molecular complexity index is 1660. The van der Waals surface area contributed by atoms with Gasteiger partial charge in [0.1, 0.15) is 17.1 Å². The quantitative estimate of drug-likeness (QED) is 0.315. The van der Waals surface area contributed by atoms with Gasteiger partial charge in [0.2, 0.25) is 16.0 Å². The molecule has 1 saturated heterocycles. The molecule has 0 spiro atoms. The number of hydrogen-bond acceptors (Lipinski definition) is 9. The van der Waals surface area contributed by atoms with Crippen molar-refractivity contribution in [3.63, 3.8) is 0 Å². The second-order valence-electron chi connectivity index (χ2n) is 11.4. The van der Waals surface area contributed by atoms with Crippen LogP contribution in [0.4, 0.5) is 30.6 Å². The van der Waals surface area contributed by atoms with Crippen LogP contribution in [-0.2, 0) is 22.6 Å². The van der Waals surface area contributed by atoms with Crippen molar-refractivity contribution in [1.29, 1.82) is 0 Å². The van der Waals surface area contributed by atoms with Crippen LogP contribution in [0.25, 0.3) is 0 Å². The molecule has 0 radical (unpaired) electrons. The monoisotopic (exact) mass is 647 g/mol. The summed E-state index contributed by atoms with van der Waals surface area (Å²) < 4.78 is 73.9. The van der Waals surface area contributed by atoms with Gasteiger partial charge in [0.05, 0.1) is 31.1 Å². The second kappa shape index (κ2) is 12.8. The molecule has 1 amide bonds. The van der Waals surface area contributed by atoms with Gasteiger partial charge in [-0.3, -0.25) is 4.79 Å². The molecule has 3 aromatic rings. The Hall–Kier alpha value is -3.95. The average molecular weight is 648 g/mol. The van der Waals surface area contributed by atoms with Crippen LogP contribution in [0, 0.1) is 0 Å². The van der Waals surface area contributed by atoms with E-state index >= 15 is 0 Å². The maximum Gasteiger partial charge on any atom is 0.421 e. The number of piperidine rings is 1. The van der Waals surface area contributed by atoms with Crippen molar-refractivity contribution >= 4 is 33.4 Å². The third kappa shape index (κ3) is 7.31. The lowest BCUT2D eigenvalue weighted by atomic mass is 10.0. The number of hydrogen-bond donors (Lipinski definition) is 3. The van der Waals surface area contributed by atoms with Crippen LogP contribution < -0.4 is 20.7 Å². The fourth-order valence-corrected chi connectivity index (χ4v) is 6.45. The lowest BCUT2D eigenvalue weighted by Gasteiger charge is -2.30. The number of carbonyl (C=O) groups excluding carboxylic acids is 1. The molecular formula is C30H36F3N7O4S. The maximum absolute atomic E-state index is 14.1. The normalized spacial score (nSPS) is 19.3. The van der Waals surface area contributed by atoms with Crippen LogP contribution in [0.5, 0.6) is 5.75 Å². The molecule has 2 atom stereocenters. The summed E-state index contributed by atoms with van der Waals surface area (Å²) in [5.41, 5.74) is 1.13. The van der Waals surface area contributed by atoms with Gasteiger partial charge in [0.25, 0.3) is 5.91 Å². The number of likely N-dealkylation sites (tertiary alicyclic amines) is 1. The van der Waals surface area contributed by atoms with Crippen molar-refractivity contribution in [2.45, 2.75) is 43.6 Å². The van der Waals surface area contributed by atoms with Gasteiger partial charge < -0.3 is 25.6 Å². The molecule has 1 aliphatic heterocycles. The van der Waals surface area contributed by atoms with Crippen LogP contribution in [0.3, 0.4) is 0 Å². The number of alkyl halides is 3. The molecule has 45 heavy (non-hydrogen) atoms. The number of carbonyl (C=O) groups is 1. The van der Waals surface area contributed by atoms with E-state index < -0.39 is 39.7 Å². The molecule has 0 saturated carbocycles. The third-order valence-corrected chi connectivity index (χ3v) is 9.56. The molecule has 1 fully saturated rings. The summed E-state index contributed by atoms with van der Waals surface area (Å²) >= 11 is 0. The third-order valence-electron chi connectivity index (χ3n) is 8.29. The van der Waals surface area contributed by atoms with Crippen molar-refractivity contribution in [3.05, 3.63) is 70.9 Å². The van der Waals surface area contributed by atoms with E-state index in [9.17, 15) is 26.4 Å². The van der Waals surface area contributed by atoms with Crippen LogP contribution in [0.15, 0.2) is 48.7 Å². The Kier molecular flexibility index (Phi) is 9.23. The molecule has 2 heterocycles. The number of sulfonamides is 1. The van der Waals surface area contributed by atoms with Crippen LogP contribution >= 0.6 is 0 Å². The zero-order chi connectivity index (χ0) is 32.5. The molecule has 0 bridgehead atoms. The first-order chi connectivity index (χ1) is 21.2. The summed E-state index contributed by atoms with van der Waals surface area (Å²) in [6.07, 6.45) is -1.09. The molecule has 5 rings (SSSR count). The predicted molar refractivity (Wildman–Crippen MR) is 164 cm³/mol. The first-order valence-corrected chi connectivity index (χ1v) is 16.3. The van der Waals surface area contributed by atoms with E-state index in [1.54, 1.807) is 30.3 Å². The van der Waals surface area contributed by atoms with Crippen LogP contribution in [0.2, 0.25) is 0 Å². The molecule has 1 aliphatic carbocycles. The smallest absolute Gasteiger partial charge is 0.421 e. The summed E-state index contributed by atoms with van der Waals surface area (Å²) in [6.45, 7) is 1.79. The standard InChI is InChI=1S/C30H36F3N7O4S/c1-39-13-11-20(12-14-39)35-28(41)19-9-10-23(25(16-19)44-3)37-29-34-17-22(30(31,32)33)27(38-29)36-24-15-18-7-5-6-8-21(18)26(24)40(2)45(4,42)43/h5-10,16-17,20,24,26H,11-15H2,1-4H3,(H,35,41)(H2,34,36,37,38)/t24-,26-/m1/s1. The summed E-state index contributed by atoms with van der Waals surface area (Å²) in [6, 6.07) is 10.4. The van der Waals surface area contributed by atoms with Gasteiger partial charge >= 0.3 is 6.18 Å². The van der Waals surface area contributed by atoms with E-state index in [2.05, 4.69) is 30.8 Å². The maximum atomic E-state index is 14.1. The van der Waals surface area contributed by atoms with Gasteiger partial charge in [-0.05, 0) is 68.7 Å². The van der Waals surface area contributed by atoms with E-state index in [0.29, 0.717) is 23.0 Å². The number of amides is 1. The summed E-state index contributed by atoms with van der Waals surface area (Å²) in [7, 11) is 1.16. The molecule has 242 valence electrons. The number of nitrogens with one attached hydrogen (secondary N) is 3. The predicted octanol–water partition coefficient (Wildman–Crippen LogP) is 4.04. The number of anilines is 3. The van der Waals surface area contributed by atoms with Gasteiger partial charge in [-0.25, -0.2) is 13.4 Å². The Morgan fingerprint density at radius 2 is 1.84 bits per heavy atom. The van der Waals surface area contributed by atoms with Crippen molar-refractivity contribution < 1.29 is 31.1 Å². The minimum absolute atomic E-state index is 0.0634. The summed E-state index contributed by atoms with van der Waals surface area (Å²) in [5, 5.41) is 8.82. The van der Waals surface area contributed by atoms with Gasteiger partial charge in [0, 0.05) is 24.8 Å². The largest absolute Gasteiger partial charge is 0.495 e. The van der Waals surface area contributed by atoms with Crippen LogP contribution in [-0.4, -0.2) is 86.1 Å². The van der Waals surface area contributed by atoms with E-state index in [0.717, 1.165) is 42.1 Å². The zero-order valence-electron chi connectivity index (χ0n) is 25.4. The van der Waals surface area contributed by atoms with Gasteiger partial charge in [-0.15, -0.1) is 0 Å². The fourth-order valence-electron chi connectivity index (χ4n) is 5.77. The summed E-state index contributed by atoms with van der Waals surface area (Å²) in [4.78, 5) is 23.2. The minimum Gasteiger partial charge on any atom is -0.495 e. The molecule has 11 nitrogen and oxygen atoms in total. The molecule has 0 unspecified atom stereocenters. The number of fused-ring (bicyclic) bond motifs is 1. The molecule has 15 heteroatoms. The fraction of sp³-hybridized carbons (Fsp3) is 0.433. The highest BCUT2D eigenvalue weighted by Crippen LogP contribution is 2.41. The molecule has 3 N–H and O–H groups in total. The lowest BCUT2D eigenvalue weighted by molar-refractivity contribution is -0.137. The second-order valence-corrected chi connectivity index (χ2v) is 13.5. The SMILES string of the molecule is COc1cc(C(=O)NC2CCN(C)CC2)ccc1Nc1ncc(C(F)(F)F)c(N[C@@H]2Cc3ccccc3[C@H]2N(C)S(C)(=O)=O)n1. The molecule has 1 aromatic heterocycles. The highest BCUT2D eigenvalue weighted by molar-refractivity contribution is 7.88. The number of nitrogens with zero attached hydrogens (tertiary/aromatic N) is 4. The van der Waals surface area contributed by atoms with Crippen molar-refractivity contribution in [1.82, 2.24) is 24.5 Å². The Morgan fingerprint density at radius 1 is 1.13 bits per heavy atom. The minimum atomic E-state index is -4.79.